The Labute approximate surface area is 104 Å². The molecule has 0 fully saturated rings. The van der Waals surface area contributed by atoms with Gasteiger partial charge in [-0.3, -0.25) is 0 Å². The van der Waals surface area contributed by atoms with E-state index in [1.54, 1.807) is 0 Å². The highest BCUT2D eigenvalue weighted by Gasteiger charge is 2.01. The van der Waals surface area contributed by atoms with Crippen LogP contribution in [0.2, 0.25) is 0 Å². The molecule has 0 aliphatic rings. The van der Waals surface area contributed by atoms with Gasteiger partial charge in [0, 0.05) is 13.1 Å². The highest BCUT2D eigenvalue weighted by Crippen LogP contribution is 2.06. The Morgan fingerprint density at radius 3 is 2.50 bits per heavy atom. The molecule has 1 nitrogen and oxygen atoms in total. The maximum Gasteiger partial charge on any atom is 0.137 e. The monoisotopic (exact) mass is 234 g/mol. The molecule has 1 aromatic carbocycles. The van der Waals surface area contributed by atoms with Crippen molar-refractivity contribution in [2.24, 2.45) is 0 Å². The van der Waals surface area contributed by atoms with Crippen molar-refractivity contribution in [2.75, 3.05) is 6.54 Å². The van der Waals surface area contributed by atoms with Crippen LogP contribution in [0.5, 0.6) is 0 Å². The Morgan fingerprint density at radius 1 is 1.12 bits per heavy atom. The van der Waals surface area contributed by atoms with Gasteiger partial charge in [0.2, 0.25) is 0 Å². The van der Waals surface area contributed by atoms with Crippen LogP contribution >= 0.6 is 12.2 Å². The molecule has 0 aromatic heterocycles. The van der Waals surface area contributed by atoms with Gasteiger partial charge in [-0.1, -0.05) is 68.7 Å². The van der Waals surface area contributed by atoms with Crippen LogP contribution in [0.3, 0.4) is 0 Å². The van der Waals surface area contributed by atoms with Crippen molar-refractivity contribution < 1.29 is 0 Å². The molecule has 0 spiro atoms. The first kappa shape index (κ1) is 13.2. The molecular formula is C14H20NS. The minimum atomic E-state index is 0.885. The number of rotatable bonds is 8. The van der Waals surface area contributed by atoms with Gasteiger partial charge in [-0.25, -0.2) is 0 Å². The van der Waals surface area contributed by atoms with Crippen LogP contribution in [0.1, 0.15) is 38.2 Å². The molecule has 0 aliphatic heterocycles. The summed E-state index contributed by atoms with van der Waals surface area (Å²) in [5, 5.41) is 0. The lowest BCUT2D eigenvalue weighted by Gasteiger charge is -2.18. The van der Waals surface area contributed by atoms with Crippen LogP contribution in [0, 0.1) is 0 Å². The summed E-state index contributed by atoms with van der Waals surface area (Å²) in [6.45, 7) is 4.14. The van der Waals surface area contributed by atoms with Gasteiger partial charge >= 0.3 is 0 Å². The Hall–Kier alpha value is -0.890. The lowest BCUT2D eigenvalue weighted by Crippen LogP contribution is -2.21. The van der Waals surface area contributed by atoms with Gasteiger partial charge in [0.05, 0.1) is 0 Å². The highest BCUT2D eigenvalue weighted by atomic mass is 32.1. The second kappa shape index (κ2) is 8.28. The quantitative estimate of drug-likeness (QED) is 0.381. The molecule has 0 saturated heterocycles. The summed E-state index contributed by atoms with van der Waals surface area (Å²) in [5.41, 5.74) is 4.15. The van der Waals surface area contributed by atoms with Gasteiger partial charge in [0.1, 0.15) is 5.49 Å². The lowest BCUT2D eigenvalue weighted by atomic mass is 10.2. The summed E-state index contributed by atoms with van der Waals surface area (Å²) in [6, 6.07) is 10.4. The van der Waals surface area contributed by atoms with E-state index in [0.717, 1.165) is 13.1 Å². The summed E-state index contributed by atoms with van der Waals surface area (Å²) in [6.07, 6.45) is 5.10. The van der Waals surface area contributed by atoms with Crippen LogP contribution in [-0.4, -0.2) is 16.9 Å². The second-order valence-corrected chi connectivity index (χ2v) is 4.24. The topological polar surface area (TPSA) is 3.24 Å². The Morgan fingerprint density at radius 2 is 1.88 bits per heavy atom. The fourth-order valence-corrected chi connectivity index (χ4v) is 1.85. The SMILES string of the molecule is CCCCCCN([C]=S)Cc1ccccc1. The third-order valence-electron chi connectivity index (χ3n) is 2.63. The molecule has 1 rings (SSSR count). The van der Waals surface area contributed by atoms with Crippen molar-refractivity contribution in [2.45, 2.75) is 39.2 Å². The van der Waals surface area contributed by atoms with Gasteiger partial charge in [0.15, 0.2) is 0 Å². The molecule has 0 aliphatic carbocycles. The summed E-state index contributed by atoms with van der Waals surface area (Å²) in [7, 11) is 0. The first-order valence-corrected chi connectivity index (χ1v) is 6.44. The largest absolute Gasteiger partial charge is 0.356 e. The number of thiocarbonyl (C=S) groups is 1. The van der Waals surface area contributed by atoms with E-state index in [0.29, 0.717) is 0 Å². The molecule has 0 amide bonds. The Kier molecular flexibility index (Phi) is 6.82. The minimum Gasteiger partial charge on any atom is -0.356 e. The smallest absolute Gasteiger partial charge is 0.137 e. The van der Waals surface area contributed by atoms with Crippen molar-refractivity contribution in [3.8, 4) is 0 Å². The van der Waals surface area contributed by atoms with E-state index in [1.165, 1.54) is 31.2 Å². The molecule has 0 N–H and O–H groups in total. The molecule has 1 aromatic rings. The predicted octanol–water partition coefficient (Wildman–Crippen LogP) is 3.90. The van der Waals surface area contributed by atoms with E-state index in [1.807, 2.05) is 6.07 Å². The summed E-state index contributed by atoms with van der Waals surface area (Å²) in [4.78, 5) is 2.10. The molecule has 16 heavy (non-hydrogen) atoms. The average molecular weight is 234 g/mol. The van der Waals surface area contributed by atoms with Crippen LogP contribution in [-0.2, 0) is 6.54 Å². The normalized spacial score (nSPS) is 10.1. The third-order valence-corrected chi connectivity index (χ3v) is 2.89. The first-order valence-electron chi connectivity index (χ1n) is 6.03. The van der Waals surface area contributed by atoms with Crippen molar-refractivity contribution in [1.29, 1.82) is 0 Å². The van der Waals surface area contributed by atoms with E-state index in [2.05, 4.69) is 41.6 Å². The van der Waals surface area contributed by atoms with Crippen LogP contribution < -0.4 is 0 Å². The molecule has 87 valence electrons. The van der Waals surface area contributed by atoms with Crippen molar-refractivity contribution in [3.05, 3.63) is 35.9 Å². The number of nitrogens with zero attached hydrogens (tertiary/aromatic N) is 1. The fraction of sp³-hybridized carbons (Fsp3) is 0.500. The molecule has 0 saturated carbocycles. The molecular weight excluding hydrogens is 214 g/mol. The van der Waals surface area contributed by atoms with E-state index < -0.39 is 0 Å². The molecule has 1 radical (unpaired) electrons. The van der Waals surface area contributed by atoms with Crippen molar-refractivity contribution in [3.63, 3.8) is 0 Å². The average Bonchev–Trinajstić information content (AvgIpc) is 2.34. The van der Waals surface area contributed by atoms with Crippen LogP contribution in [0.4, 0.5) is 0 Å². The summed E-state index contributed by atoms with van der Waals surface area (Å²) < 4.78 is 0. The van der Waals surface area contributed by atoms with E-state index in [9.17, 15) is 0 Å². The second-order valence-electron chi connectivity index (χ2n) is 4.06. The lowest BCUT2D eigenvalue weighted by molar-refractivity contribution is 0.411. The Bertz CT molecular complexity index is 284. The first-order chi connectivity index (χ1) is 7.86. The molecule has 0 heterocycles. The molecule has 0 unspecified atom stereocenters. The van der Waals surface area contributed by atoms with Gasteiger partial charge in [-0.2, -0.15) is 0 Å². The zero-order valence-corrected chi connectivity index (χ0v) is 10.8. The zero-order valence-electron chi connectivity index (χ0n) is 9.98. The predicted molar refractivity (Wildman–Crippen MR) is 73.6 cm³/mol. The van der Waals surface area contributed by atoms with E-state index >= 15 is 0 Å². The van der Waals surface area contributed by atoms with Crippen LogP contribution in [0.25, 0.3) is 0 Å². The number of hydrogen-bond donors (Lipinski definition) is 0. The molecule has 0 bridgehead atoms. The molecule has 0 atom stereocenters. The van der Waals surface area contributed by atoms with Crippen molar-refractivity contribution >= 4 is 17.7 Å². The maximum absolute atomic E-state index is 4.93. The molecule has 2 heteroatoms. The van der Waals surface area contributed by atoms with E-state index in [-0.39, 0.29) is 0 Å². The van der Waals surface area contributed by atoms with Gasteiger partial charge in [-0.05, 0) is 12.0 Å². The minimum absolute atomic E-state index is 0.885. The van der Waals surface area contributed by atoms with Gasteiger partial charge < -0.3 is 4.90 Å². The van der Waals surface area contributed by atoms with Gasteiger partial charge in [-0.15, -0.1) is 0 Å². The highest BCUT2D eigenvalue weighted by molar-refractivity contribution is 7.78. The number of unbranched alkanes of at least 4 members (excludes halogenated alkanes) is 3. The standard InChI is InChI=1S/C14H20NS/c1-2-3-4-8-11-15(13-16)12-14-9-6-5-7-10-14/h5-7,9-10H,2-4,8,11-12H2,1H3. The van der Waals surface area contributed by atoms with Crippen molar-refractivity contribution in [1.82, 2.24) is 4.90 Å². The maximum atomic E-state index is 4.93. The van der Waals surface area contributed by atoms with E-state index in [4.69, 9.17) is 12.2 Å². The van der Waals surface area contributed by atoms with Crippen LogP contribution in [0.15, 0.2) is 30.3 Å². The summed E-state index contributed by atoms with van der Waals surface area (Å²) >= 11 is 4.93. The fourth-order valence-electron chi connectivity index (χ4n) is 1.69. The Balaban J connectivity index is 2.29. The zero-order chi connectivity index (χ0) is 11.6. The number of benzene rings is 1. The third kappa shape index (κ3) is 5.26. The number of hydrogen-bond acceptors (Lipinski definition) is 1. The summed E-state index contributed by atoms with van der Waals surface area (Å²) in [5.74, 6) is 0. The van der Waals surface area contributed by atoms with Gasteiger partial charge in [0.25, 0.3) is 0 Å².